The van der Waals surface area contributed by atoms with Gasteiger partial charge in [0.05, 0.1) is 11.7 Å². The van der Waals surface area contributed by atoms with Gasteiger partial charge in [-0.2, -0.15) is 5.10 Å². The van der Waals surface area contributed by atoms with Crippen molar-refractivity contribution in [1.82, 2.24) is 15.1 Å². The number of aryl methyl sites for hydroxylation is 2. The van der Waals surface area contributed by atoms with Crippen LogP contribution in [0.2, 0.25) is 0 Å². The molecule has 3 nitrogen and oxygen atoms in total. The number of nitrogens with zero attached hydrogens (tertiary/aromatic N) is 2. The van der Waals surface area contributed by atoms with E-state index in [-0.39, 0.29) is 6.04 Å². The van der Waals surface area contributed by atoms with Gasteiger partial charge in [0, 0.05) is 13.2 Å². The molecule has 2 rings (SSSR count). The van der Waals surface area contributed by atoms with Crippen LogP contribution in [0.3, 0.4) is 0 Å². The molecule has 1 N–H and O–H groups in total. The summed E-state index contributed by atoms with van der Waals surface area (Å²) in [5.74, 6) is 0. The maximum absolute atomic E-state index is 4.27. The van der Waals surface area contributed by atoms with E-state index in [9.17, 15) is 0 Å². The minimum atomic E-state index is 0.220. The number of benzene rings is 1. The Labute approximate surface area is 109 Å². The summed E-state index contributed by atoms with van der Waals surface area (Å²) in [6.45, 7) is 5.32. The highest BCUT2D eigenvalue weighted by Gasteiger charge is 2.16. The van der Waals surface area contributed by atoms with Gasteiger partial charge in [0.2, 0.25) is 0 Å². The van der Waals surface area contributed by atoms with Crippen LogP contribution in [0.1, 0.15) is 36.2 Å². The van der Waals surface area contributed by atoms with Crippen molar-refractivity contribution >= 4 is 0 Å². The Morgan fingerprint density at radius 1 is 1.33 bits per heavy atom. The van der Waals surface area contributed by atoms with Crippen LogP contribution in [0.15, 0.2) is 36.5 Å². The number of hydrogen-bond donors (Lipinski definition) is 1. The molecule has 1 aromatic heterocycles. The summed E-state index contributed by atoms with van der Waals surface area (Å²) in [6.07, 6.45) is 2.98. The average molecular weight is 243 g/mol. The van der Waals surface area contributed by atoms with Crippen LogP contribution in [0, 0.1) is 6.92 Å². The summed E-state index contributed by atoms with van der Waals surface area (Å²) in [5, 5.41) is 7.87. The van der Waals surface area contributed by atoms with Crippen molar-refractivity contribution in [2.24, 2.45) is 7.05 Å². The monoisotopic (exact) mass is 243 g/mol. The van der Waals surface area contributed by atoms with Crippen LogP contribution in [0.4, 0.5) is 0 Å². The summed E-state index contributed by atoms with van der Waals surface area (Å²) in [6, 6.07) is 11.0. The number of rotatable bonds is 5. The molecular weight excluding hydrogens is 222 g/mol. The van der Waals surface area contributed by atoms with E-state index < -0.39 is 0 Å². The van der Waals surface area contributed by atoms with Crippen molar-refractivity contribution in [2.45, 2.75) is 26.3 Å². The second-order valence-electron chi connectivity index (χ2n) is 4.68. The Bertz CT molecular complexity index is 502. The molecule has 0 aliphatic heterocycles. The normalized spacial score (nSPS) is 12.6. The second kappa shape index (κ2) is 5.83. The van der Waals surface area contributed by atoms with Gasteiger partial charge in [-0.15, -0.1) is 0 Å². The fourth-order valence-corrected chi connectivity index (χ4v) is 2.20. The summed E-state index contributed by atoms with van der Waals surface area (Å²) in [7, 11) is 1.99. The van der Waals surface area contributed by atoms with Gasteiger partial charge < -0.3 is 5.32 Å². The molecule has 2 aromatic rings. The highest BCUT2D eigenvalue weighted by atomic mass is 15.3. The smallest absolute Gasteiger partial charge is 0.0748 e. The fraction of sp³-hybridized carbons (Fsp3) is 0.400. The molecule has 0 saturated carbocycles. The highest BCUT2D eigenvalue weighted by Crippen LogP contribution is 2.22. The van der Waals surface area contributed by atoms with E-state index in [0.29, 0.717) is 0 Å². The first-order chi connectivity index (χ1) is 8.72. The molecule has 18 heavy (non-hydrogen) atoms. The van der Waals surface area contributed by atoms with Crippen LogP contribution in [-0.2, 0) is 7.05 Å². The maximum Gasteiger partial charge on any atom is 0.0748 e. The lowest BCUT2D eigenvalue weighted by Crippen LogP contribution is -2.25. The SMILES string of the molecule is CCCNC(c1cccc(C)c1)c1ccnn1C. The topological polar surface area (TPSA) is 29.9 Å². The zero-order valence-electron chi connectivity index (χ0n) is 11.4. The maximum atomic E-state index is 4.27. The van der Waals surface area contributed by atoms with Gasteiger partial charge in [-0.25, -0.2) is 0 Å². The number of aromatic nitrogens is 2. The van der Waals surface area contributed by atoms with Crippen molar-refractivity contribution < 1.29 is 0 Å². The molecule has 0 spiro atoms. The van der Waals surface area contributed by atoms with Crippen molar-refractivity contribution in [3.63, 3.8) is 0 Å². The Morgan fingerprint density at radius 2 is 2.17 bits per heavy atom. The van der Waals surface area contributed by atoms with E-state index in [1.54, 1.807) is 0 Å². The minimum Gasteiger partial charge on any atom is -0.305 e. The van der Waals surface area contributed by atoms with Gasteiger partial charge in [-0.3, -0.25) is 4.68 Å². The largest absolute Gasteiger partial charge is 0.305 e. The summed E-state index contributed by atoms with van der Waals surface area (Å²) in [5.41, 5.74) is 3.79. The molecule has 1 unspecified atom stereocenters. The first-order valence-electron chi connectivity index (χ1n) is 6.50. The second-order valence-corrected chi connectivity index (χ2v) is 4.68. The molecule has 1 heterocycles. The Kier molecular flexibility index (Phi) is 4.15. The van der Waals surface area contributed by atoms with Crippen LogP contribution < -0.4 is 5.32 Å². The third kappa shape index (κ3) is 2.79. The molecule has 96 valence electrons. The number of hydrogen-bond acceptors (Lipinski definition) is 2. The van der Waals surface area contributed by atoms with Gasteiger partial charge in [0.1, 0.15) is 0 Å². The van der Waals surface area contributed by atoms with Crippen molar-refractivity contribution in [3.05, 3.63) is 53.3 Å². The van der Waals surface area contributed by atoms with Crippen molar-refractivity contribution in [1.29, 1.82) is 0 Å². The van der Waals surface area contributed by atoms with Gasteiger partial charge >= 0.3 is 0 Å². The van der Waals surface area contributed by atoms with E-state index in [1.165, 1.54) is 16.8 Å². The fourth-order valence-electron chi connectivity index (χ4n) is 2.20. The predicted octanol–water partition coefficient (Wildman–Crippen LogP) is 2.82. The summed E-state index contributed by atoms with van der Waals surface area (Å²) in [4.78, 5) is 0. The minimum absolute atomic E-state index is 0.220. The molecule has 1 atom stereocenters. The van der Waals surface area contributed by atoms with Crippen LogP contribution in [-0.4, -0.2) is 16.3 Å². The Hall–Kier alpha value is -1.61. The number of nitrogens with one attached hydrogen (secondary N) is 1. The first kappa shape index (κ1) is 12.8. The van der Waals surface area contributed by atoms with Crippen LogP contribution in [0.5, 0.6) is 0 Å². The van der Waals surface area contributed by atoms with Crippen LogP contribution >= 0.6 is 0 Å². The predicted molar refractivity (Wildman–Crippen MR) is 74.5 cm³/mol. The molecular formula is C15H21N3. The van der Waals surface area contributed by atoms with Gasteiger partial charge in [-0.05, 0) is 31.5 Å². The van der Waals surface area contributed by atoms with E-state index in [1.807, 2.05) is 17.9 Å². The molecule has 0 radical (unpaired) electrons. The highest BCUT2D eigenvalue weighted by molar-refractivity contribution is 5.30. The third-order valence-corrected chi connectivity index (χ3v) is 3.13. The molecule has 3 heteroatoms. The molecule has 1 aromatic carbocycles. The summed E-state index contributed by atoms with van der Waals surface area (Å²) < 4.78 is 1.94. The first-order valence-corrected chi connectivity index (χ1v) is 6.50. The zero-order chi connectivity index (χ0) is 13.0. The van der Waals surface area contributed by atoms with Crippen molar-refractivity contribution in [2.75, 3.05) is 6.54 Å². The average Bonchev–Trinajstić information content (AvgIpc) is 2.77. The van der Waals surface area contributed by atoms with E-state index in [0.717, 1.165) is 13.0 Å². The molecule has 0 saturated heterocycles. The van der Waals surface area contributed by atoms with Gasteiger partial charge in [-0.1, -0.05) is 36.8 Å². The molecule has 0 fully saturated rings. The lowest BCUT2D eigenvalue weighted by Gasteiger charge is -2.19. The lowest BCUT2D eigenvalue weighted by molar-refractivity contribution is 0.553. The van der Waals surface area contributed by atoms with E-state index in [2.05, 4.69) is 54.6 Å². The molecule has 0 aliphatic rings. The van der Waals surface area contributed by atoms with Crippen LogP contribution in [0.25, 0.3) is 0 Å². The zero-order valence-corrected chi connectivity index (χ0v) is 11.4. The molecule has 0 aliphatic carbocycles. The Balaban J connectivity index is 2.33. The quantitative estimate of drug-likeness (QED) is 0.875. The molecule has 0 bridgehead atoms. The lowest BCUT2D eigenvalue weighted by atomic mass is 10.0. The van der Waals surface area contributed by atoms with E-state index >= 15 is 0 Å². The Morgan fingerprint density at radius 3 is 2.78 bits per heavy atom. The van der Waals surface area contributed by atoms with E-state index in [4.69, 9.17) is 0 Å². The van der Waals surface area contributed by atoms with Gasteiger partial charge in [0.15, 0.2) is 0 Å². The molecule has 0 amide bonds. The third-order valence-electron chi connectivity index (χ3n) is 3.13. The summed E-state index contributed by atoms with van der Waals surface area (Å²) >= 11 is 0. The van der Waals surface area contributed by atoms with Crippen molar-refractivity contribution in [3.8, 4) is 0 Å². The van der Waals surface area contributed by atoms with Gasteiger partial charge in [0.25, 0.3) is 0 Å². The standard InChI is InChI=1S/C15H21N3/c1-4-9-16-15(14-8-10-17-18(14)3)13-7-5-6-12(2)11-13/h5-8,10-11,15-16H,4,9H2,1-3H3.